The number of nitrogens with zero attached hydrogens (tertiary/aromatic N) is 2. The first-order chi connectivity index (χ1) is 21.2. The molecule has 6 rings (SSSR count). The summed E-state index contributed by atoms with van der Waals surface area (Å²) in [6.45, 7) is 3.97. The highest BCUT2D eigenvalue weighted by atomic mass is 16.7. The molecule has 1 spiro atoms. The summed E-state index contributed by atoms with van der Waals surface area (Å²) in [4.78, 5) is 58.8. The van der Waals surface area contributed by atoms with Crippen LogP contribution in [0.5, 0.6) is 0 Å². The van der Waals surface area contributed by atoms with E-state index in [0.717, 1.165) is 35.7 Å². The third-order valence-electron chi connectivity index (χ3n) is 9.00. The summed E-state index contributed by atoms with van der Waals surface area (Å²) in [7, 11) is 0. The number of nitrogens with one attached hydrogen (secondary N) is 3. The van der Waals surface area contributed by atoms with Crippen LogP contribution in [0.2, 0.25) is 0 Å². The lowest BCUT2D eigenvalue weighted by molar-refractivity contribution is -0.194. The molecule has 234 valence electrons. The average Bonchev–Trinajstić information content (AvgIpc) is 3.01. The molecular formula is C32H39N5O7. The minimum Gasteiger partial charge on any atom is -0.451 e. The Morgan fingerprint density at radius 1 is 0.909 bits per heavy atom. The van der Waals surface area contributed by atoms with E-state index in [0.29, 0.717) is 25.1 Å². The Bertz CT molecular complexity index is 1470. The minimum absolute atomic E-state index is 0.0330. The van der Waals surface area contributed by atoms with E-state index in [-0.39, 0.29) is 43.8 Å². The molecule has 3 aliphatic heterocycles. The van der Waals surface area contributed by atoms with Crippen molar-refractivity contribution in [2.45, 2.75) is 70.2 Å². The van der Waals surface area contributed by atoms with Crippen LogP contribution in [-0.2, 0) is 33.4 Å². The Labute approximate surface area is 255 Å². The zero-order chi connectivity index (χ0) is 30.8. The molecule has 4 heterocycles. The van der Waals surface area contributed by atoms with Gasteiger partial charge in [0.2, 0.25) is 5.91 Å². The van der Waals surface area contributed by atoms with Crippen LogP contribution in [0.1, 0.15) is 63.3 Å². The second-order valence-corrected chi connectivity index (χ2v) is 12.3. The fourth-order valence-corrected chi connectivity index (χ4v) is 6.03. The second kappa shape index (κ2) is 12.6. The highest BCUT2D eigenvalue weighted by Crippen LogP contribution is 2.35. The highest BCUT2D eigenvalue weighted by molar-refractivity contribution is 5.92. The predicted octanol–water partition coefficient (Wildman–Crippen LogP) is 2.14. The number of carbonyl (C=O) groups is 4. The fraction of sp³-hybridized carbons (Fsp3) is 0.531. The van der Waals surface area contributed by atoms with Crippen LogP contribution >= 0.6 is 0 Å². The summed E-state index contributed by atoms with van der Waals surface area (Å²) in [6.07, 6.45) is 6.02. The summed E-state index contributed by atoms with van der Waals surface area (Å²) in [5.41, 5.74) is 3.99. The van der Waals surface area contributed by atoms with Crippen molar-refractivity contribution in [3.05, 3.63) is 47.7 Å². The molecule has 0 radical (unpaired) electrons. The summed E-state index contributed by atoms with van der Waals surface area (Å²) in [5.74, 6) is -1.92. The standard InChI is InChI=1S/C32H39N5O7/c1-19-24-11-10-22-9-8-21(15-26(22)35-24)12-13-32(16-42-18-43-17-32)31(41)44-27(23-5-3-6-23)29(39)34-20(2)30(40)37-14-4-7-25(36-37)28(38)33-19/h8-13,15,19-20,23,25,27,36H,3-7,14,16-18H2,1-2H3,(H,33,38)(H,34,39)/b13-12+/t19-,20+,25+,27?/m1/s1. The van der Waals surface area contributed by atoms with Crippen molar-refractivity contribution < 1.29 is 33.4 Å². The molecule has 3 fully saturated rings. The summed E-state index contributed by atoms with van der Waals surface area (Å²) >= 11 is 0. The summed E-state index contributed by atoms with van der Waals surface area (Å²) in [6, 6.07) is 7.70. The van der Waals surface area contributed by atoms with Crippen molar-refractivity contribution >= 4 is 40.7 Å². The first kappa shape index (κ1) is 30.2. The number of fused-ring (bicyclic) bond motifs is 4. The van der Waals surface area contributed by atoms with Gasteiger partial charge in [0, 0.05) is 17.8 Å². The van der Waals surface area contributed by atoms with Crippen LogP contribution in [0, 0.1) is 11.3 Å². The minimum atomic E-state index is -1.27. The van der Waals surface area contributed by atoms with Gasteiger partial charge in [-0.25, -0.2) is 5.43 Å². The lowest BCUT2D eigenvalue weighted by Gasteiger charge is -2.38. The fourth-order valence-electron chi connectivity index (χ4n) is 6.03. The molecule has 1 aromatic heterocycles. The Morgan fingerprint density at radius 3 is 2.41 bits per heavy atom. The van der Waals surface area contributed by atoms with Crippen LogP contribution in [-0.4, -0.2) is 78.4 Å². The van der Waals surface area contributed by atoms with Gasteiger partial charge in [-0.05, 0) is 57.2 Å². The highest BCUT2D eigenvalue weighted by Gasteiger charge is 2.45. The molecule has 12 nitrogen and oxygen atoms in total. The predicted molar refractivity (Wildman–Crippen MR) is 159 cm³/mol. The molecule has 1 aromatic carbocycles. The molecule has 2 saturated heterocycles. The van der Waals surface area contributed by atoms with Crippen molar-refractivity contribution in [1.29, 1.82) is 0 Å². The molecular weight excluding hydrogens is 566 g/mol. The molecule has 5 bridgehead atoms. The quantitative estimate of drug-likeness (QED) is 0.416. The molecule has 12 heteroatoms. The number of hydrogen-bond donors (Lipinski definition) is 3. The maximum Gasteiger partial charge on any atom is 0.321 e. The number of ether oxygens (including phenoxy) is 3. The third-order valence-corrected chi connectivity index (χ3v) is 9.00. The van der Waals surface area contributed by atoms with Gasteiger partial charge in [-0.1, -0.05) is 36.8 Å². The van der Waals surface area contributed by atoms with Gasteiger partial charge in [0.05, 0.1) is 30.5 Å². The zero-order valence-electron chi connectivity index (χ0n) is 25.0. The van der Waals surface area contributed by atoms with Crippen molar-refractivity contribution in [1.82, 2.24) is 26.1 Å². The number of amides is 3. The Balaban J connectivity index is 1.36. The van der Waals surface area contributed by atoms with E-state index < -0.39 is 35.5 Å². The number of cyclic esters (lactones) is 1. The molecule has 4 atom stereocenters. The van der Waals surface area contributed by atoms with Gasteiger partial charge in [0.15, 0.2) is 6.10 Å². The molecule has 3 N–H and O–H groups in total. The SMILES string of the molecule is C[C@@H]1NC(=O)C(C2CCC2)OC(=O)C2(/C=C/c3ccc4ccc(nc4c3)[C@@H](C)NC(=O)[C@@H]3CCCN(N3)C1=O)COCOC2. The molecule has 2 aromatic rings. The Morgan fingerprint density at radius 2 is 1.66 bits per heavy atom. The van der Waals surface area contributed by atoms with Gasteiger partial charge in [0.25, 0.3) is 11.8 Å². The number of benzene rings is 1. The zero-order valence-corrected chi connectivity index (χ0v) is 25.0. The van der Waals surface area contributed by atoms with Crippen molar-refractivity contribution in [3.8, 4) is 0 Å². The number of hydrazine groups is 1. The summed E-state index contributed by atoms with van der Waals surface area (Å²) in [5, 5.41) is 8.11. The van der Waals surface area contributed by atoms with Gasteiger partial charge < -0.3 is 24.8 Å². The van der Waals surface area contributed by atoms with Crippen molar-refractivity contribution in [2.75, 3.05) is 26.6 Å². The van der Waals surface area contributed by atoms with E-state index in [2.05, 4.69) is 16.1 Å². The van der Waals surface area contributed by atoms with Gasteiger partial charge in [-0.15, -0.1) is 0 Å². The lowest BCUT2D eigenvalue weighted by atomic mass is 9.80. The largest absolute Gasteiger partial charge is 0.451 e. The van der Waals surface area contributed by atoms with E-state index >= 15 is 0 Å². The number of carbonyl (C=O) groups excluding carboxylic acids is 4. The number of pyridine rings is 1. The van der Waals surface area contributed by atoms with Crippen LogP contribution in [0.4, 0.5) is 0 Å². The van der Waals surface area contributed by atoms with E-state index in [1.54, 1.807) is 19.1 Å². The van der Waals surface area contributed by atoms with Gasteiger partial charge >= 0.3 is 5.97 Å². The van der Waals surface area contributed by atoms with E-state index in [1.165, 1.54) is 5.01 Å². The van der Waals surface area contributed by atoms with Crippen LogP contribution in [0.15, 0.2) is 36.4 Å². The maximum absolute atomic E-state index is 13.8. The van der Waals surface area contributed by atoms with Crippen LogP contribution in [0.25, 0.3) is 17.0 Å². The number of hydrogen-bond acceptors (Lipinski definition) is 9. The molecule has 1 unspecified atom stereocenters. The van der Waals surface area contributed by atoms with Gasteiger partial charge in [0.1, 0.15) is 24.3 Å². The van der Waals surface area contributed by atoms with Crippen molar-refractivity contribution in [2.24, 2.45) is 11.3 Å². The average molecular weight is 606 g/mol. The number of aromatic nitrogens is 1. The Kier molecular flexibility index (Phi) is 8.66. The lowest BCUT2D eigenvalue weighted by Crippen LogP contribution is -2.61. The van der Waals surface area contributed by atoms with Crippen LogP contribution in [0.3, 0.4) is 0 Å². The normalized spacial score (nSPS) is 29.5. The number of esters is 1. The molecule has 4 aliphatic rings. The Hall–Kier alpha value is -3.87. The smallest absolute Gasteiger partial charge is 0.321 e. The van der Waals surface area contributed by atoms with E-state index in [4.69, 9.17) is 19.2 Å². The first-order valence-electron chi connectivity index (χ1n) is 15.4. The molecule has 1 saturated carbocycles. The first-order valence-corrected chi connectivity index (χ1v) is 15.4. The molecule has 44 heavy (non-hydrogen) atoms. The topological polar surface area (TPSA) is 148 Å². The van der Waals surface area contributed by atoms with Gasteiger partial charge in [-0.3, -0.25) is 29.2 Å². The van der Waals surface area contributed by atoms with Crippen LogP contribution < -0.4 is 16.1 Å². The van der Waals surface area contributed by atoms with E-state index in [9.17, 15) is 19.2 Å². The maximum atomic E-state index is 13.8. The van der Waals surface area contributed by atoms with E-state index in [1.807, 2.05) is 37.3 Å². The second-order valence-electron chi connectivity index (χ2n) is 12.3. The molecule has 1 aliphatic carbocycles. The summed E-state index contributed by atoms with van der Waals surface area (Å²) < 4.78 is 17.1. The van der Waals surface area contributed by atoms with Gasteiger partial charge in [-0.2, -0.15) is 0 Å². The molecule has 3 amide bonds. The third kappa shape index (κ3) is 6.19. The van der Waals surface area contributed by atoms with Crippen molar-refractivity contribution in [3.63, 3.8) is 0 Å². The monoisotopic (exact) mass is 605 g/mol. The number of rotatable bonds is 1.